The first-order valence-electron chi connectivity index (χ1n) is 7.03. The normalized spacial score (nSPS) is 19.1. The SMILES string of the molecule is CNC(CCN1CCCSCC1)c1ccccc1Cl. The number of thioether (sulfide) groups is 1. The van der Waals surface area contributed by atoms with Crippen LogP contribution in [0, 0.1) is 0 Å². The lowest BCUT2D eigenvalue weighted by molar-refractivity contribution is 0.277. The van der Waals surface area contributed by atoms with Gasteiger partial charge in [-0.05, 0) is 50.4 Å². The average Bonchev–Trinajstić information content (AvgIpc) is 2.70. The summed E-state index contributed by atoms with van der Waals surface area (Å²) >= 11 is 8.37. The largest absolute Gasteiger partial charge is 0.313 e. The first kappa shape index (κ1) is 15.2. The second kappa shape index (κ2) is 8.15. The molecule has 1 atom stereocenters. The Balaban J connectivity index is 1.90. The fourth-order valence-corrected chi connectivity index (χ4v) is 3.74. The van der Waals surface area contributed by atoms with E-state index in [9.17, 15) is 0 Å². The molecule has 0 bridgehead atoms. The molecule has 1 aromatic rings. The molecule has 106 valence electrons. The zero-order chi connectivity index (χ0) is 13.5. The van der Waals surface area contributed by atoms with Crippen molar-refractivity contribution in [2.24, 2.45) is 0 Å². The Labute approximate surface area is 125 Å². The summed E-state index contributed by atoms with van der Waals surface area (Å²) in [5.74, 6) is 2.59. The van der Waals surface area contributed by atoms with Crippen molar-refractivity contribution in [3.05, 3.63) is 34.9 Å². The van der Waals surface area contributed by atoms with Crippen molar-refractivity contribution in [2.45, 2.75) is 18.9 Å². The van der Waals surface area contributed by atoms with E-state index in [2.05, 4.69) is 34.1 Å². The van der Waals surface area contributed by atoms with Gasteiger partial charge in [0.25, 0.3) is 0 Å². The highest BCUT2D eigenvalue weighted by molar-refractivity contribution is 7.99. The van der Waals surface area contributed by atoms with Gasteiger partial charge >= 0.3 is 0 Å². The van der Waals surface area contributed by atoms with Crippen LogP contribution < -0.4 is 5.32 Å². The zero-order valence-corrected chi connectivity index (χ0v) is 13.1. The first-order valence-corrected chi connectivity index (χ1v) is 8.56. The van der Waals surface area contributed by atoms with Crippen molar-refractivity contribution in [1.82, 2.24) is 10.2 Å². The van der Waals surface area contributed by atoms with Crippen LogP contribution in [0.2, 0.25) is 5.02 Å². The molecule has 1 heterocycles. The van der Waals surface area contributed by atoms with Crippen LogP contribution in [-0.2, 0) is 0 Å². The van der Waals surface area contributed by atoms with Crippen LogP contribution in [0.5, 0.6) is 0 Å². The number of nitrogens with zero attached hydrogens (tertiary/aromatic N) is 1. The number of benzene rings is 1. The number of hydrogen-bond acceptors (Lipinski definition) is 3. The molecular weight excluding hydrogens is 276 g/mol. The minimum atomic E-state index is 0.351. The van der Waals surface area contributed by atoms with E-state index in [1.807, 2.05) is 19.2 Å². The molecule has 1 saturated heterocycles. The van der Waals surface area contributed by atoms with Crippen LogP contribution in [0.1, 0.15) is 24.4 Å². The third-order valence-corrected chi connectivity index (χ3v) is 5.07. The lowest BCUT2D eigenvalue weighted by Crippen LogP contribution is -2.30. The quantitative estimate of drug-likeness (QED) is 0.896. The fourth-order valence-electron chi connectivity index (χ4n) is 2.55. The van der Waals surface area contributed by atoms with E-state index >= 15 is 0 Å². The molecule has 1 aliphatic heterocycles. The van der Waals surface area contributed by atoms with Crippen LogP contribution in [0.3, 0.4) is 0 Å². The van der Waals surface area contributed by atoms with E-state index in [0.717, 1.165) is 18.0 Å². The number of hydrogen-bond donors (Lipinski definition) is 1. The van der Waals surface area contributed by atoms with Crippen molar-refractivity contribution in [3.63, 3.8) is 0 Å². The van der Waals surface area contributed by atoms with E-state index in [1.165, 1.54) is 36.6 Å². The van der Waals surface area contributed by atoms with Gasteiger partial charge in [0.2, 0.25) is 0 Å². The van der Waals surface area contributed by atoms with E-state index < -0.39 is 0 Å². The molecule has 0 aromatic heterocycles. The molecule has 1 unspecified atom stereocenters. The highest BCUT2D eigenvalue weighted by atomic mass is 35.5. The topological polar surface area (TPSA) is 15.3 Å². The smallest absolute Gasteiger partial charge is 0.0453 e. The molecule has 1 aliphatic rings. The second-order valence-corrected chi connectivity index (χ2v) is 6.59. The molecule has 2 nitrogen and oxygen atoms in total. The predicted octanol–water partition coefficient (Wildman–Crippen LogP) is 3.43. The van der Waals surface area contributed by atoms with Crippen molar-refractivity contribution < 1.29 is 0 Å². The van der Waals surface area contributed by atoms with Gasteiger partial charge in [-0.3, -0.25) is 0 Å². The van der Waals surface area contributed by atoms with E-state index in [-0.39, 0.29) is 0 Å². The van der Waals surface area contributed by atoms with E-state index in [1.54, 1.807) is 0 Å². The van der Waals surface area contributed by atoms with E-state index in [4.69, 9.17) is 11.6 Å². The summed E-state index contributed by atoms with van der Waals surface area (Å²) in [7, 11) is 2.02. The fraction of sp³-hybridized carbons (Fsp3) is 0.600. The van der Waals surface area contributed by atoms with Crippen LogP contribution in [0.25, 0.3) is 0 Å². The standard InChI is InChI=1S/C15H23ClN2S/c1-17-15(13-5-2-3-6-14(13)16)7-9-18-8-4-11-19-12-10-18/h2-3,5-6,15,17H,4,7-12H2,1H3. The minimum Gasteiger partial charge on any atom is -0.313 e. The third kappa shape index (κ3) is 4.67. The highest BCUT2D eigenvalue weighted by Gasteiger charge is 2.15. The molecule has 2 rings (SSSR count). The Hall–Kier alpha value is -0.220. The van der Waals surface area contributed by atoms with Crippen molar-refractivity contribution in [3.8, 4) is 0 Å². The Morgan fingerprint density at radius 3 is 2.95 bits per heavy atom. The summed E-state index contributed by atoms with van der Waals surface area (Å²) in [4.78, 5) is 2.58. The maximum atomic E-state index is 6.29. The van der Waals surface area contributed by atoms with Gasteiger partial charge in [-0.25, -0.2) is 0 Å². The van der Waals surface area contributed by atoms with E-state index in [0.29, 0.717) is 6.04 Å². The monoisotopic (exact) mass is 298 g/mol. The van der Waals surface area contributed by atoms with Gasteiger partial charge < -0.3 is 10.2 Å². The van der Waals surface area contributed by atoms with Crippen molar-refractivity contribution in [2.75, 3.05) is 38.2 Å². The van der Waals surface area contributed by atoms with Gasteiger partial charge in [0, 0.05) is 23.4 Å². The van der Waals surface area contributed by atoms with Crippen molar-refractivity contribution in [1.29, 1.82) is 0 Å². The predicted molar refractivity (Wildman–Crippen MR) is 86.3 cm³/mol. The zero-order valence-electron chi connectivity index (χ0n) is 11.6. The van der Waals surface area contributed by atoms with Crippen LogP contribution in [0.4, 0.5) is 0 Å². The Morgan fingerprint density at radius 1 is 1.32 bits per heavy atom. The van der Waals surface area contributed by atoms with Crippen LogP contribution >= 0.6 is 23.4 Å². The average molecular weight is 299 g/mol. The van der Waals surface area contributed by atoms with Gasteiger partial charge in [0.1, 0.15) is 0 Å². The molecule has 0 aliphatic carbocycles. The molecule has 0 spiro atoms. The van der Waals surface area contributed by atoms with Gasteiger partial charge in [-0.15, -0.1) is 0 Å². The molecule has 19 heavy (non-hydrogen) atoms. The summed E-state index contributed by atoms with van der Waals surface area (Å²) in [6, 6.07) is 8.51. The first-order chi connectivity index (χ1) is 9.31. The molecule has 1 fully saturated rings. The summed E-state index contributed by atoms with van der Waals surface area (Å²) in [5.41, 5.74) is 1.22. The number of halogens is 1. The summed E-state index contributed by atoms with van der Waals surface area (Å²) in [6.07, 6.45) is 2.44. The maximum absolute atomic E-state index is 6.29. The Kier molecular flexibility index (Phi) is 6.51. The number of nitrogens with one attached hydrogen (secondary N) is 1. The summed E-state index contributed by atoms with van der Waals surface area (Å²) in [5, 5.41) is 4.27. The Morgan fingerprint density at radius 2 is 2.16 bits per heavy atom. The lowest BCUT2D eigenvalue weighted by atomic mass is 10.0. The maximum Gasteiger partial charge on any atom is 0.0453 e. The van der Waals surface area contributed by atoms with Gasteiger partial charge in [-0.1, -0.05) is 29.8 Å². The molecule has 1 N–H and O–H groups in total. The van der Waals surface area contributed by atoms with Gasteiger partial charge in [-0.2, -0.15) is 11.8 Å². The molecule has 1 aromatic carbocycles. The summed E-state index contributed by atoms with van der Waals surface area (Å²) < 4.78 is 0. The minimum absolute atomic E-state index is 0.351. The second-order valence-electron chi connectivity index (χ2n) is 4.96. The molecule has 0 amide bonds. The highest BCUT2D eigenvalue weighted by Crippen LogP contribution is 2.25. The molecule has 0 radical (unpaired) electrons. The van der Waals surface area contributed by atoms with Crippen LogP contribution in [0.15, 0.2) is 24.3 Å². The molecule has 0 saturated carbocycles. The lowest BCUT2D eigenvalue weighted by Gasteiger charge is -2.24. The number of rotatable bonds is 5. The van der Waals surface area contributed by atoms with Crippen LogP contribution in [-0.4, -0.2) is 43.1 Å². The molecular formula is C15H23ClN2S. The third-order valence-electron chi connectivity index (χ3n) is 3.68. The van der Waals surface area contributed by atoms with Crippen molar-refractivity contribution >= 4 is 23.4 Å². The molecule has 4 heteroatoms. The Bertz CT molecular complexity index is 378. The van der Waals surface area contributed by atoms with Gasteiger partial charge in [0.15, 0.2) is 0 Å². The van der Waals surface area contributed by atoms with Gasteiger partial charge in [0.05, 0.1) is 0 Å². The summed E-state index contributed by atoms with van der Waals surface area (Å²) in [6.45, 7) is 3.62.